The highest BCUT2D eigenvalue weighted by Crippen LogP contribution is 2.24. The molecule has 4 rings (SSSR count). The first-order valence-corrected chi connectivity index (χ1v) is 9.16. The zero-order valence-electron chi connectivity index (χ0n) is 16.0. The molecule has 0 spiro atoms. The van der Waals surface area contributed by atoms with E-state index in [9.17, 15) is 9.18 Å². The van der Waals surface area contributed by atoms with E-state index in [4.69, 9.17) is 4.74 Å². The predicted molar refractivity (Wildman–Crippen MR) is 105 cm³/mol. The van der Waals surface area contributed by atoms with Crippen LogP contribution in [0.15, 0.2) is 48.5 Å². The number of hydrogen-bond donors (Lipinski definition) is 0. The third-order valence-corrected chi connectivity index (χ3v) is 4.55. The van der Waals surface area contributed by atoms with E-state index in [-0.39, 0.29) is 19.0 Å². The van der Waals surface area contributed by atoms with Crippen LogP contribution in [0.5, 0.6) is 0 Å². The minimum absolute atomic E-state index is 0.147. The lowest BCUT2D eigenvalue weighted by Gasteiger charge is -2.13. The largest absolute Gasteiger partial charge is 0.462 e. The molecule has 0 amide bonds. The number of tetrazole rings is 1. The molecule has 2 aromatic carbocycles. The first-order valence-electron chi connectivity index (χ1n) is 9.16. The summed E-state index contributed by atoms with van der Waals surface area (Å²) >= 11 is 0. The van der Waals surface area contributed by atoms with Gasteiger partial charge < -0.3 is 4.74 Å². The number of pyridine rings is 1. The Bertz CT molecular complexity index is 1190. The Kier molecular flexibility index (Phi) is 4.99. The smallest absolute Gasteiger partial charge is 0.340 e. The summed E-state index contributed by atoms with van der Waals surface area (Å²) in [7, 11) is 0. The van der Waals surface area contributed by atoms with Gasteiger partial charge in [-0.2, -0.15) is 4.80 Å². The van der Waals surface area contributed by atoms with Crippen molar-refractivity contribution in [1.82, 2.24) is 25.2 Å². The van der Waals surface area contributed by atoms with Gasteiger partial charge in [-0.3, -0.25) is 0 Å². The molecule has 0 saturated heterocycles. The van der Waals surface area contributed by atoms with E-state index >= 15 is 0 Å². The van der Waals surface area contributed by atoms with Crippen LogP contribution in [0.4, 0.5) is 4.39 Å². The second-order valence-corrected chi connectivity index (χ2v) is 6.45. The Morgan fingerprint density at radius 1 is 1.14 bits per heavy atom. The zero-order chi connectivity index (χ0) is 20.4. The molecule has 0 bridgehead atoms. The van der Waals surface area contributed by atoms with Gasteiger partial charge in [0.2, 0.25) is 5.82 Å². The number of aromatic nitrogens is 5. The number of carbonyl (C=O) groups excluding carboxylic acids is 1. The lowest BCUT2D eigenvalue weighted by molar-refractivity contribution is 0.0523. The molecule has 146 valence electrons. The summed E-state index contributed by atoms with van der Waals surface area (Å²) in [6.07, 6.45) is 0. The minimum atomic E-state index is -0.433. The van der Waals surface area contributed by atoms with E-state index in [1.807, 2.05) is 31.2 Å². The monoisotopic (exact) mass is 391 g/mol. The van der Waals surface area contributed by atoms with Crippen LogP contribution >= 0.6 is 0 Å². The van der Waals surface area contributed by atoms with Crippen LogP contribution < -0.4 is 0 Å². The van der Waals surface area contributed by atoms with Crippen molar-refractivity contribution in [3.05, 3.63) is 71.2 Å². The van der Waals surface area contributed by atoms with Gasteiger partial charge in [-0.1, -0.05) is 18.2 Å². The van der Waals surface area contributed by atoms with Gasteiger partial charge in [0.15, 0.2) is 0 Å². The molecular formula is C21H18FN5O2. The zero-order valence-corrected chi connectivity index (χ0v) is 16.0. The van der Waals surface area contributed by atoms with Crippen molar-refractivity contribution < 1.29 is 13.9 Å². The standard InChI is InChI=1S/C21H18FN5O2/c1-3-29-21(28)19-13(2)16-6-4-5-7-17(16)23-18(19)12-27-25-20(24-26-27)14-8-10-15(22)11-9-14/h4-11H,3,12H2,1-2H3. The molecule has 0 atom stereocenters. The molecule has 7 nitrogen and oxygen atoms in total. The van der Waals surface area contributed by atoms with Crippen molar-refractivity contribution in [2.75, 3.05) is 6.61 Å². The quantitative estimate of drug-likeness (QED) is 0.484. The molecule has 2 aromatic heterocycles. The van der Waals surface area contributed by atoms with Gasteiger partial charge in [-0.05, 0) is 55.0 Å². The van der Waals surface area contributed by atoms with Gasteiger partial charge in [0.1, 0.15) is 12.4 Å². The Labute approximate surface area is 166 Å². The number of hydrogen-bond acceptors (Lipinski definition) is 6. The topological polar surface area (TPSA) is 82.8 Å². The number of fused-ring (bicyclic) bond motifs is 1. The number of ether oxygens (including phenoxy) is 1. The number of benzene rings is 2. The molecule has 0 radical (unpaired) electrons. The van der Waals surface area contributed by atoms with Crippen molar-refractivity contribution in [2.24, 2.45) is 0 Å². The van der Waals surface area contributed by atoms with Crippen LogP contribution in [-0.4, -0.2) is 37.8 Å². The Hall–Kier alpha value is -3.68. The number of carbonyl (C=O) groups is 1. The first-order chi connectivity index (χ1) is 14.1. The third-order valence-electron chi connectivity index (χ3n) is 4.55. The van der Waals surface area contributed by atoms with E-state index in [1.54, 1.807) is 19.1 Å². The van der Waals surface area contributed by atoms with Crippen LogP contribution in [-0.2, 0) is 11.3 Å². The third kappa shape index (κ3) is 3.69. The van der Waals surface area contributed by atoms with Crippen LogP contribution in [0.25, 0.3) is 22.3 Å². The van der Waals surface area contributed by atoms with Gasteiger partial charge in [0.25, 0.3) is 0 Å². The van der Waals surface area contributed by atoms with Crippen molar-refractivity contribution >= 4 is 16.9 Å². The molecule has 0 aliphatic heterocycles. The van der Waals surface area contributed by atoms with E-state index in [0.29, 0.717) is 22.6 Å². The van der Waals surface area contributed by atoms with Crippen LogP contribution in [0, 0.1) is 12.7 Å². The summed E-state index contributed by atoms with van der Waals surface area (Å²) in [4.78, 5) is 18.6. The summed E-state index contributed by atoms with van der Waals surface area (Å²) in [5, 5.41) is 13.3. The molecule has 0 unspecified atom stereocenters. The van der Waals surface area contributed by atoms with Gasteiger partial charge in [0, 0.05) is 10.9 Å². The first kappa shape index (κ1) is 18.7. The highest BCUT2D eigenvalue weighted by molar-refractivity contribution is 5.98. The SMILES string of the molecule is CCOC(=O)c1c(Cn2nnc(-c3ccc(F)cc3)n2)nc2ccccc2c1C. The van der Waals surface area contributed by atoms with Gasteiger partial charge in [0.05, 0.1) is 23.4 Å². The van der Waals surface area contributed by atoms with E-state index < -0.39 is 5.97 Å². The fourth-order valence-electron chi connectivity index (χ4n) is 3.19. The maximum absolute atomic E-state index is 13.1. The van der Waals surface area contributed by atoms with Crippen LogP contribution in [0.2, 0.25) is 0 Å². The normalized spacial score (nSPS) is 11.0. The molecule has 8 heteroatoms. The second kappa shape index (κ2) is 7.75. The summed E-state index contributed by atoms with van der Waals surface area (Å²) in [6.45, 7) is 4.04. The van der Waals surface area contributed by atoms with Crippen molar-refractivity contribution in [3.63, 3.8) is 0 Å². The molecule has 0 N–H and O–H groups in total. The number of halogens is 1. The minimum Gasteiger partial charge on any atom is -0.462 e. The van der Waals surface area contributed by atoms with Crippen molar-refractivity contribution in [3.8, 4) is 11.4 Å². The Morgan fingerprint density at radius 3 is 2.66 bits per heavy atom. The lowest BCUT2D eigenvalue weighted by Crippen LogP contribution is -2.16. The molecule has 0 aliphatic rings. The highest BCUT2D eigenvalue weighted by atomic mass is 19.1. The molecule has 0 fully saturated rings. The molecule has 2 heterocycles. The maximum atomic E-state index is 13.1. The van der Waals surface area contributed by atoms with E-state index in [2.05, 4.69) is 20.4 Å². The maximum Gasteiger partial charge on any atom is 0.340 e. The summed E-state index contributed by atoms with van der Waals surface area (Å²) in [6, 6.07) is 13.4. The lowest BCUT2D eigenvalue weighted by atomic mass is 10.0. The fraction of sp³-hybridized carbons (Fsp3) is 0.190. The molecule has 0 saturated carbocycles. The fourth-order valence-corrected chi connectivity index (χ4v) is 3.19. The van der Waals surface area contributed by atoms with Crippen molar-refractivity contribution in [2.45, 2.75) is 20.4 Å². The van der Waals surface area contributed by atoms with Crippen LogP contribution in [0.1, 0.15) is 28.5 Å². The van der Waals surface area contributed by atoms with Gasteiger partial charge in [-0.15, -0.1) is 10.2 Å². The van der Waals surface area contributed by atoms with E-state index in [0.717, 1.165) is 16.5 Å². The number of nitrogens with zero attached hydrogens (tertiary/aromatic N) is 5. The molecule has 4 aromatic rings. The number of para-hydroxylation sites is 1. The number of aryl methyl sites for hydroxylation is 1. The molecule has 29 heavy (non-hydrogen) atoms. The van der Waals surface area contributed by atoms with Crippen molar-refractivity contribution in [1.29, 1.82) is 0 Å². The summed E-state index contributed by atoms with van der Waals surface area (Å²) < 4.78 is 18.4. The summed E-state index contributed by atoms with van der Waals surface area (Å²) in [5.74, 6) is -0.409. The number of rotatable bonds is 5. The number of esters is 1. The Morgan fingerprint density at radius 2 is 1.90 bits per heavy atom. The highest BCUT2D eigenvalue weighted by Gasteiger charge is 2.21. The molecular weight excluding hydrogens is 373 g/mol. The van der Waals surface area contributed by atoms with Gasteiger partial charge >= 0.3 is 5.97 Å². The van der Waals surface area contributed by atoms with E-state index in [1.165, 1.54) is 16.9 Å². The predicted octanol–water partition coefficient (Wildman–Crippen LogP) is 3.56. The summed E-state index contributed by atoms with van der Waals surface area (Å²) in [5.41, 5.74) is 3.12. The average Bonchev–Trinajstić information content (AvgIpc) is 3.17. The van der Waals surface area contributed by atoms with Crippen LogP contribution in [0.3, 0.4) is 0 Å². The average molecular weight is 391 g/mol. The Balaban J connectivity index is 1.74. The van der Waals surface area contributed by atoms with Gasteiger partial charge in [-0.25, -0.2) is 14.2 Å². The second-order valence-electron chi connectivity index (χ2n) is 6.45. The molecule has 0 aliphatic carbocycles.